The fraction of sp³-hybridized carbons (Fsp3) is 0.182. The number of aliphatic hydroxyl groups excluding tert-OH is 1. The summed E-state index contributed by atoms with van der Waals surface area (Å²) in [6.45, 7) is 1.49. The number of hydrogen-bond donors (Lipinski definition) is 1. The Labute approximate surface area is 90.3 Å². The van der Waals surface area contributed by atoms with E-state index in [0.29, 0.717) is 0 Å². The maximum atomic E-state index is 13.4. The minimum Gasteiger partial charge on any atom is -0.385 e. The Balaban J connectivity index is 2.47. The van der Waals surface area contributed by atoms with E-state index in [1.807, 2.05) is 0 Å². The number of aromatic nitrogens is 1. The molecule has 0 spiro atoms. The van der Waals surface area contributed by atoms with Crippen molar-refractivity contribution in [1.29, 1.82) is 0 Å². The SMILES string of the molecule is CC(O)c1cc(-c2cccc(F)c2F)no1. The first-order chi connectivity index (χ1) is 7.59. The number of benzene rings is 1. The molecule has 2 rings (SSSR count). The molecule has 0 aliphatic carbocycles. The first-order valence-corrected chi connectivity index (χ1v) is 4.68. The number of halogens is 2. The van der Waals surface area contributed by atoms with Crippen LogP contribution in [0.3, 0.4) is 0 Å². The molecule has 16 heavy (non-hydrogen) atoms. The molecule has 0 bridgehead atoms. The maximum Gasteiger partial charge on any atom is 0.168 e. The van der Waals surface area contributed by atoms with Crippen LogP contribution < -0.4 is 0 Å². The van der Waals surface area contributed by atoms with E-state index in [1.54, 1.807) is 0 Å². The van der Waals surface area contributed by atoms with Gasteiger partial charge in [-0.3, -0.25) is 0 Å². The third kappa shape index (κ3) is 1.81. The van der Waals surface area contributed by atoms with Crippen LogP contribution >= 0.6 is 0 Å². The van der Waals surface area contributed by atoms with Crippen LogP contribution in [0, 0.1) is 11.6 Å². The minimum absolute atomic E-state index is 0.00986. The average molecular weight is 225 g/mol. The normalized spacial score (nSPS) is 12.8. The molecule has 1 aromatic carbocycles. The third-order valence-electron chi connectivity index (χ3n) is 2.17. The Morgan fingerprint density at radius 2 is 2.12 bits per heavy atom. The number of rotatable bonds is 2. The average Bonchev–Trinajstić information content (AvgIpc) is 2.71. The summed E-state index contributed by atoms with van der Waals surface area (Å²) >= 11 is 0. The smallest absolute Gasteiger partial charge is 0.168 e. The van der Waals surface area contributed by atoms with Crippen LogP contribution in [0.4, 0.5) is 8.78 Å². The Morgan fingerprint density at radius 1 is 1.38 bits per heavy atom. The first-order valence-electron chi connectivity index (χ1n) is 4.68. The van der Waals surface area contributed by atoms with Gasteiger partial charge in [-0.2, -0.15) is 0 Å². The van der Waals surface area contributed by atoms with Gasteiger partial charge >= 0.3 is 0 Å². The van der Waals surface area contributed by atoms with Gasteiger partial charge in [0.25, 0.3) is 0 Å². The summed E-state index contributed by atoms with van der Waals surface area (Å²) in [6.07, 6.45) is -0.835. The Kier molecular flexibility index (Phi) is 2.70. The van der Waals surface area contributed by atoms with Gasteiger partial charge in [-0.25, -0.2) is 8.78 Å². The van der Waals surface area contributed by atoms with Crippen molar-refractivity contribution in [3.8, 4) is 11.3 Å². The van der Waals surface area contributed by atoms with E-state index in [4.69, 9.17) is 4.52 Å². The largest absolute Gasteiger partial charge is 0.385 e. The molecule has 0 fully saturated rings. The van der Waals surface area contributed by atoms with Crippen LogP contribution in [-0.2, 0) is 0 Å². The van der Waals surface area contributed by atoms with Crippen LogP contribution in [0.25, 0.3) is 11.3 Å². The van der Waals surface area contributed by atoms with Gasteiger partial charge in [0.2, 0.25) is 0 Å². The van der Waals surface area contributed by atoms with E-state index in [1.165, 1.54) is 25.1 Å². The quantitative estimate of drug-likeness (QED) is 0.854. The maximum absolute atomic E-state index is 13.4. The molecule has 0 aliphatic rings. The van der Waals surface area contributed by atoms with Gasteiger partial charge < -0.3 is 9.63 Å². The highest BCUT2D eigenvalue weighted by atomic mass is 19.2. The van der Waals surface area contributed by atoms with E-state index in [9.17, 15) is 13.9 Å². The zero-order valence-corrected chi connectivity index (χ0v) is 8.45. The molecule has 1 unspecified atom stereocenters. The summed E-state index contributed by atoms with van der Waals surface area (Å²) in [4.78, 5) is 0. The summed E-state index contributed by atoms with van der Waals surface area (Å²) in [5.41, 5.74) is 0.170. The van der Waals surface area contributed by atoms with E-state index >= 15 is 0 Å². The molecule has 0 aliphatic heterocycles. The van der Waals surface area contributed by atoms with E-state index < -0.39 is 17.7 Å². The molecule has 5 heteroatoms. The van der Waals surface area contributed by atoms with Gasteiger partial charge in [0.15, 0.2) is 17.4 Å². The lowest BCUT2D eigenvalue weighted by Gasteiger charge is -1.98. The summed E-state index contributed by atoms with van der Waals surface area (Å²) in [6, 6.07) is 5.17. The highest BCUT2D eigenvalue weighted by molar-refractivity contribution is 5.59. The van der Waals surface area contributed by atoms with E-state index in [2.05, 4.69) is 5.16 Å². The second-order valence-corrected chi connectivity index (χ2v) is 3.39. The van der Waals surface area contributed by atoms with Crippen LogP contribution in [0.2, 0.25) is 0 Å². The van der Waals surface area contributed by atoms with Crippen LogP contribution in [0.15, 0.2) is 28.8 Å². The Morgan fingerprint density at radius 3 is 2.75 bits per heavy atom. The highest BCUT2D eigenvalue weighted by Crippen LogP contribution is 2.25. The molecule has 0 saturated heterocycles. The Hall–Kier alpha value is -1.75. The molecule has 1 aromatic heterocycles. The monoisotopic (exact) mass is 225 g/mol. The summed E-state index contributed by atoms with van der Waals surface area (Å²) in [5.74, 6) is -1.72. The van der Waals surface area contributed by atoms with Crippen molar-refractivity contribution >= 4 is 0 Å². The molecular weight excluding hydrogens is 216 g/mol. The molecule has 3 nitrogen and oxygen atoms in total. The van der Waals surface area contributed by atoms with E-state index in [-0.39, 0.29) is 17.0 Å². The second-order valence-electron chi connectivity index (χ2n) is 3.39. The van der Waals surface area contributed by atoms with Crippen molar-refractivity contribution < 1.29 is 18.4 Å². The van der Waals surface area contributed by atoms with Crippen molar-refractivity contribution in [2.75, 3.05) is 0 Å². The van der Waals surface area contributed by atoms with Crippen LogP contribution in [0.1, 0.15) is 18.8 Å². The van der Waals surface area contributed by atoms with Crippen molar-refractivity contribution in [3.63, 3.8) is 0 Å². The molecule has 1 N–H and O–H groups in total. The molecule has 0 radical (unpaired) electrons. The molecular formula is C11H9F2NO2. The lowest BCUT2D eigenvalue weighted by Crippen LogP contribution is -1.89. The molecule has 1 atom stereocenters. The van der Waals surface area contributed by atoms with Gasteiger partial charge in [-0.1, -0.05) is 11.2 Å². The molecule has 0 amide bonds. The lowest BCUT2D eigenvalue weighted by molar-refractivity contribution is 0.158. The van der Waals surface area contributed by atoms with Gasteiger partial charge in [0.1, 0.15) is 11.8 Å². The van der Waals surface area contributed by atoms with Gasteiger partial charge in [0, 0.05) is 11.6 Å². The van der Waals surface area contributed by atoms with Crippen molar-refractivity contribution in [1.82, 2.24) is 5.16 Å². The van der Waals surface area contributed by atoms with Crippen molar-refractivity contribution in [2.24, 2.45) is 0 Å². The van der Waals surface area contributed by atoms with E-state index in [0.717, 1.165) is 6.07 Å². The summed E-state index contributed by atoms with van der Waals surface area (Å²) < 4.78 is 31.1. The van der Waals surface area contributed by atoms with Gasteiger partial charge in [-0.05, 0) is 19.1 Å². The van der Waals surface area contributed by atoms with Crippen molar-refractivity contribution in [2.45, 2.75) is 13.0 Å². The zero-order chi connectivity index (χ0) is 11.7. The second kappa shape index (κ2) is 4.02. The highest BCUT2D eigenvalue weighted by Gasteiger charge is 2.15. The summed E-state index contributed by atoms with van der Waals surface area (Å²) in [5, 5.41) is 12.8. The predicted octanol–water partition coefficient (Wildman–Crippen LogP) is 2.67. The standard InChI is InChI=1S/C11H9F2NO2/c1-6(15)10-5-9(14-16-10)7-3-2-4-8(12)11(7)13/h2-6,15H,1H3. The minimum atomic E-state index is -0.979. The number of hydrogen-bond acceptors (Lipinski definition) is 3. The predicted molar refractivity (Wildman–Crippen MR) is 52.5 cm³/mol. The lowest BCUT2D eigenvalue weighted by atomic mass is 10.1. The fourth-order valence-electron chi connectivity index (χ4n) is 1.31. The van der Waals surface area contributed by atoms with Crippen molar-refractivity contribution in [3.05, 3.63) is 41.7 Å². The van der Waals surface area contributed by atoms with Gasteiger partial charge in [-0.15, -0.1) is 0 Å². The number of nitrogens with zero attached hydrogens (tertiary/aromatic N) is 1. The molecule has 0 saturated carbocycles. The van der Waals surface area contributed by atoms with Crippen LogP contribution in [-0.4, -0.2) is 10.3 Å². The zero-order valence-electron chi connectivity index (χ0n) is 8.45. The topological polar surface area (TPSA) is 46.3 Å². The molecule has 84 valence electrons. The first kappa shape index (κ1) is 10.8. The fourth-order valence-corrected chi connectivity index (χ4v) is 1.31. The van der Waals surface area contributed by atoms with Crippen LogP contribution in [0.5, 0.6) is 0 Å². The Bertz CT molecular complexity index is 508. The number of aliphatic hydroxyl groups is 1. The third-order valence-corrected chi connectivity index (χ3v) is 2.17. The molecule has 1 heterocycles. The molecule has 2 aromatic rings. The summed E-state index contributed by atoms with van der Waals surface area (Å²) in [7, 11) is 0. The van der Waals surface area contributed by atoms with Gasteiger partial charge in [0.05, 0.1) is 0 Å².